The summed E-state index contributed by atoms with van der Waals surface area (Å²) in [6, 6.07) is 23.4. The first-order valence-corrected chi connectivity index (χ1v) is 17.2. The third-order valence-corrected chi connectivity index (χ3v) is 10.4. The van der Waals surface area contributed by atoms with E-state index in [1.807, 2.05) is 0 Å². The van der Waals surface area contributed by atoms with Crippen molar-refractivity contribution in [2.45, 2.75) is 78.3 Å². The number of rotatable bonds is 2. The Morgan fingerprint density at radius 3 is 2.16 bits per heavy atom. The fourth-order valence-electron chi connectivity index (χ4n) is 6.93. The average Bonchev–Trinajstić information content (AvgIpc) is 3.38. The van der Waals surface area contributed by atoms with Crippen molar-refractivity contribution in [2.75, 3.05) is 0 Å². The third-order valence-electron chi connectivity index (χ3n) is 8.75. The highest BCUT2D eigenvalue weighted by atomic mass is 28.3. The molecule has 4 aromatic carbocycles. The Kier molecular flexibility index (Phi) is 5.71. The molecule has 0 fully saturated rings. The van der Waals surface area contributed by atoms with Crippen LogP contribution < -0.4 is 5.19 Å². The first-order valence-electron chi connectivity index (χ1n) is 14.3. The Hall–Kier alpha value is -2.90. The monoisotopic (exact) mass is 513 g/mol. The zero-order chi connectivity index (χ0) is 27.1. The van der Waals surface area contributed by atoms with E-state index in [1.54, 1.807) is 16.3 Å². The maximum atomic E-state index is 2.59. The van der Waals surface area contributed by atoms with E-state index in [2.05, 4.69) is 135 Å². The molecule has 2 aliphatic carbocycles. The van der Waals surface area contributed by atoms with Gasteiger partial charge in [-0.3, -0.25) is 0 Å². The van der Waals surface area contributed by atoms with Crippen molar-refractivity contribution >= 4 is 30.8 Å². The molecular formula is C37H41Si. The molecule has 0 nitrogen and oxygen atoms in total. The lowest BCUT2D eigenvalue weighted by atomic mass is 9.74. The van der Waals surface area contributed by atoms with Gasteiger partial charge in [0.1, 0.15) is 0 Å². The Morgan fingerprint density at radius 1 is 0.737 bits per heavy atom. The van der Waals surface area contributed by atoms with E-state index in [0.29, 0.717) is 0 Å². The summed E-state index contributed by atoms with van der Waals surface area (Å²) in [5.74, 6) is 0.290. The lowest BCUT2D eigenvalue weighted by Gasteiger charge is -2.33. The first kappa shape index (κ1) is 25.4. The lowest BCUT2D eigenvalue weighted by molar-refractivity contribution is 0.584. The summed E-state index contributed by atoms with van der Waals surface area (Å²) in [6.07, 6.45) is 4.99. The van der Waals surface area contributed by atoms with Crippen LogP contribution in [0.3, 0.4) is 0 Å². The normalized spacial score (nSPS) is 16.6. The van der Waals surface area contributed by atoms with Crippen molar-refractivity contribution < 1.29 is 0 Å². The van der Waals surface area contributed by atoms with Crippen molar-refractivity contribution in [1.29, 1.82) is 0 Å². The molecule has 0 aliphatic heterocycles. The second kappa shape index (κ2) is 8.55. The van der Waals surface area contributed by atoms with E-state index < -0.39 is 8.80 Å². The molecule has 193 valence electrons. The van der Waals surface area contributed by atoms with Crippen molar-refractivity contribution in [3.63, 3.8) is 0 Å². The molecule has 6 rings (SSSR count). The van der Waals surface area contributed by atoms with E-state index in [9.17, 15) is 0 Å². The minimum Gasteiger partial charge on any atom is -0.0682 e. The van der Waals surface area contributed by atoms with Crippen LogP contribution in [0.1, 0.15) is 93.3 Å². The number of benzene rings is 4. The molecule has 4 aromatic rings. The highest BCUT2D eigenvalue weighted by molar-refractivity contribution is 6.71. The molecular weight excluding hydrogens is 472 g/mol. The first-order chi connectivity index (χ1) is 17.9. The molecule has 0 saturated heterocycles. The van der Waals surface area contributed by atoms with Gasteiger partial charge in [0.25, 0.3) is 0 Å². The molecule has 1 radical (unpaired) electrons. The molecule has 0 N–H and O–H groups in total. The predicted molar refractivity (Wildman–Crippen MR) is 170 cm³/mol. The molecule has 0 aromatic heterocycles. The van der Waals surface area contributed by atoms with Crippen molar-refractivity contribution in [3.05, 3.63) is 112 Å². The average molecular weight is 514 g/mol. The molecule has 2 aliphatic rings. The van der Waals surface area contributed by atoms with Crippen molar-refractivity contribution in [2.24, 2.45) is 0 Å². The number of hydrogen-bond donors (Lipinski definition) is 0. The maximum absolute atomic E-state index is 2.59. The summed E-state index contributed by atoms with van der Waals surface area (Å²) >= 11 is 0. The second-order valence-corrected chi connectivity index (χ2v) is 16.9. The summed E-state index contributed by atoms with van der Waals surface area (Å²) in [5, 5.41) is 4.33. The summed E-state index contributed by atoms with van der Waals surface area (Å²) < 4.78 is 0. The van der Waals surface area contributed by atoms with Crippen LogP contribution in [0.5, 0.6) is 0 Å². The van der Waals surface area contributed by atoms with Gasteiger partial charge in [0, 0.05) is 12.3 Å². The van der Waals surface area contributed by atoms with Crippen molar-refractivity contribution in [1.82, 2.24) is 0 Å². The lowest BCUT2D eigenvalue weighted by Crippen LogP contribution is -2.35. The molecule has 0 saturated carbocycles. The highest BCUT2D eigenvalue weighted by Crippen LogP contribution is 2.52. The molecule has 0 bridgehead atoms. The van der Waals surface area contributed by atoms with E-state index in [1.165, 1.54) is 55.3 Å². The maximum Gasteiger partial charge on any atom is 0.0651 e. The minimum absolute atomic E-state index is 0.0655. The quantitative estimate of drug-likeness (QED) is 0.206. The van der Waals surface area contributed by atoms with Crippen LogP contribution in [-0.4, -0.2) is 8.80 Å². The largest absolute Gasteiger partial charge is 0.0682 e. The molecule has 38 heavy (non-hydrogen) atoms. The van der Waals surface area contributed by atoms with E-state index in [-0.39, 0.29) is 16.7 Å². The molecule has 1 unspecified atom stereocenters. The van der Waals surface area contributed by atoms with E-state index in [0.717, 1.165) is 0 Å². The zero-order valence-corrected chi connectivity index (χ0v) is 25.7. The smallest absolute Gasteiger partial charge is 0.0651 e. The molecule has 1 heteroatoms. The SMILES string of the molecule is CC1=Cc2c(ccc3ccccc23)C1c1c2c(cc([SiH](C)C)c1C(C)(C)C)-c1ccc(C(C)(C)C)cc1[CH]2. The van der Waals surface area contributed by atoms with Gasteiger partial charge in [-0.05, 0) is 78.6 Å². The summed E-state index contributed by atoms with van der Waals surface area (Å²) in [4.78, 5) is 0. The fourth-order valence-corrected chi connectivity index (χ4v) is 8.59. The molecule has 0 spiro atoms. The fraction of sp³-hybridized carbons (Fsp3) is 0.324. The van der Waals surface area contributed by atoms with Crippen LogP contribution in [0, 0.1) is 6.42 Å². The minimum atomic E-state index is -1.11. The number of allylic oxidation sites excluding steroid dienone is 1. The number of hydrogen-bond acceptors (Lipinski definition) is 0. The van der Waals surface area contributed by atoms with Gasteiger partial charge in [-0.15, -0.1) is 0 Å². The summed E-state index contributed by atoms with van der Waals surface area (Å²) in [5.41, 5.74) is 14.8. The molecule has 0 amide bonds. The summed E-state index contributed by atoms with van der Waals surface area (Å²) in [6.45, 7) is 21.6. The van der Waals surface area contributed by atoms with Gasteiger partial charge in [0.15, 0.2) is 0 Å². The number of fused-ring (bicyclic) bond motifs is 6. The molecule has 0 heterocycles. The van der Waals surface area contributed by atoms with Gasteiger partial charge < -0.3 is 0 Å². The van der Waals surface area contributed by atoms with Crippen LogP contribution in [0.4, 0.5) is 0 Å². The van der Waals surface area contributed by atoms with Gasteiger partial charge in [0.05, 0.1) is 8.80 Å². The van der Waals surface area contributed by atoms with Gasteiger partial charge in [0.2, 0.25) is 0 Å². The Labute approximate surface area is 231 Å². The Bertz CT molecular complexity index is 1630. The topological polar surface area (TPSA) is 0 Å². The Morgan fingerprint density at radius 2 is 1.47 bits per heavy atom. The van der Waals surface area contributed by atoms with Crippen LogP contribution in [0.2, 0.25) is 13.1 Å². The highest BCUT2D eigenvalue weighted by Gasteiger charge is 2.37. The van der Waals surface area contributed by atoms with Gasteiger partial charge >= 0.3 is 0 Å². The van der Waals surface area contributed by atoms with E-state index in [4.69, 9.17) is 0 Å². The van der Waals surface area contributed by atoms with E-state index >= 15 is 0 Å². The standard InChI is InChI=1S/C37H41Si/c1-22-18-29-26-13-11-10-12-23(26)14-16-28(29)33(22)34-31-20-24-19-25(36(2,3)4)15-17-27(24)30(31)21-32(38(8)9)35(34)37(5,6)7/h10-21,33,38H,1-9H3. The second-order valence-electron chi connectivity index (χ2n) is 13.9. The van der Waals surface area contributed by atoms with Gasteiger partial charge in [-0.1, -0.05) is 132 Å². The van der Waals surface area contributed by atoms with Gasteiger partial charge in [-0.25, -0.2) is 0 Å². The van der Waals surface area contributed by atoms with Crippen LogP contribution in [0.15, 0.2) is 66.2 Å². The van der Waals surface area contributed by atoms with Crippen LogP contribution >= 0.6 is 0 Å². The summed E-state index contributed by atoms with van der Waals surface area (Å²) in [7, 11) is -1.11. The Balaban J connectivity index is 1.67. The van der Waals surface area contributed by atoms with Crippen molar-refractivity contribution in [3.8, 4) is 11.1 Å². The van der Waals surface area contributed by atoms with Crippen LogP contribution in [0.25, 0.3) is 28.0 Å². The predicted octanol–water partition coefficient (Wildman–Crippen LogP) is 9.26. The molecule has 1 atom stereocenters. The zero-order valence-electron chi connectivity index (χ0n) is 24.6. The third kappa shape index (κ3) is 3.85. The van der Waals surface area contributed by atoms with Gasteiger partial charge in [-0.2, -0.15) is 0 Å². The van der Waals surface area contributed by atoms with Crippen LogP contribution in [-0.2, 0) is 10.8 Å².